The molecule has 4 nitrogen and oxygen atoms in total. The van der Waals surface area contributed by atoms with Crippen LogP contribution in [0, 0.1) is 28.6 Å². The van der Waals surface area contributed by atoms with Crippen molar-refractivity contribution >= 4 is 52.4 Å². The summed E-state index contributed by atoms with van der Waals surface area (Å²) in [5.74, 6) is -0.394. The summed E-state index contributed by atoms with van der Waals surface area (Å²) in [5, 5.41) is 9.46. The van der Waals surface area contributed by atoms with E-state index in [2.05, 4.69) is 0 Å². The highest BCUT2D eigenvalue weighted by molar-refractivity contribution is 6.55. The molecule has 0 spiro atoms. The summed E-state index contributed by atoms with van der Waals surface area (Å²) in [4.78, 5) is 12.6. The summed E-state index contributed by atoms with van der Waals surface area (Å²) >= 11 is 23.2. The second kappa shape index (κ2) is 8.49. The first-order valence-electron chi connectivity index (χ1n) is 8.21. The van der Waals surface area contributed by atoms with Crippen molar-refractivity contribution in [3.63, 3.8) is 0 Å². The van der Waals surface area contributed by atoms with Gasteiger partial charge in [-0.2, -0.15) is 5.26 Å². The Morgan fingerprint density at radius 1 is 1.41 bits per heavy atom. The van der Waals surface area contributed by atoms with Crippen LogP contribution in [0.4, 0.5) is 0 Å². The molecule has 8 heteroatoms. The number of esters is 1. The van der Waals surface area contributed by atoms with E-state index in [9.17, 15) is 10.1 Å². The summed E-state index contributed by atoms with van der Waals surface area (Å²) in [6.45, 7) is 5.61. The Bertz CT molecular complexity index is 776. The Morgan fingerprint density at radius 3 is 2.63 bits per heavy atom. The summed E-state index contributed by atoms with van der Waals surface area (Å²) in [5.41, 5.74) is 0.201. The third-order valence-corrected chi connectivity index (χ3v) is 5.17. The number of hydrogen-bond acceptors (Lipinski definition) is 4. The van der Waals surface area contributed by atoms with E-state index >= 15 is 0 Å². The molecular formula is C19H19Cl4NO3. The average Bonchev–Trinajstić information content (AvgIpc) is 3.09. The molecule has 1 aromatic rings. The van der Waals surface area contributed by atoms with Crippen molar-refractivity contribution in [3.8, 4) is 11.8 Å². The summed E-state index contributed by atoms with van der Waals surface area (Å²) in [6.07, 6.45) is 0.559. The van der Waals surface area contributed by atoms with Gasteiger partial charge in [-0.1, -0.05) is 49.2 Å². The highest BCUT2D eigenvalue weighted by Gasteiger charge is 2.63. The first kappa shape index (κ1) is 22.2. The van der Waals surface area contributed by atoms with E-state index in [1.165, 1.54) is 0 Å². The lowest BCUT2D eigenvalue weighted by atomic mass is 10.1. The van der Waals surface area contributed by atoms with Gasteiger partial charge in [-0.25, -0.2) is 0 Å². The van der Waals surface area contributed by atoms with Crippen LogP contribution in [-0.4, -0.2) is 10.3 Å². The predicted octanol–water partition coefficient (Wildman–Crippen LogP) is 6.31. The van der Waals surface area contributed by atoms with Gasteiger partial charge >= 0.3 is 5.97 Å². The molecule has 0 radical (unpaired) electrons. The lowest BCUT2D eigenvalue weighted by Crippen LogP contribution is -2.15. The molecule has 1 fully saturated rings. The van der Waals surface area contributed by atoms with E-state index in [0.29, 0.717) is 17.7 Å². The van der Waals surface area contributed by atoms with Gasteiger partial charge < -0.3 is 9.47 Å². The molecule has 1 saturated carbocycles. The van der Waals surface area contributed by atoms with Gasteiger partial charge in [0, 0.05) is 5.56 Å². The zero-order chi connectivity index (χ0) is 20.4. The van der Waals surface area contributed by atoms with Gasteiger partial charge in [0.2, 0.25) is 6.10 Å². The van der Waals surface area contributed by atoms with Gasteiger partial charge in [-0.15, -0.1) is 23.2 Å². The topological polar surface area (TPSA) is 59.3 Å². The lowest BCUT2D eigenvalue weighted by molar-refractivity contribution is -0.149. The van der Waals surface area contributed by atoms with Crippen molar-refractivity contribution in [1.29, 1.82) is 5.26 Å². The third-order valence-electron chi connectivity index (χ3n) is 4.68. The summed E-state index contributed by atoms with van der Waals surface area (Å²) in [7, 11) is 0. The van der Waals surface area contributed by atoms with Crippen LogP contribution in [0.15, 0.2) is 35.0 Å². The molecule has 1 aliphatic rings. The van der Waals surface area contributed by atoms with Gasteiger partial charge in [-0.05, 0) is 36.8 Å². The molecule has 0 bridgehead atoms. The number of benzene rings is 1. The summed E-state index contributed by atoms with van der Waals surface area (Å²) < 4.78 is 9.76. The van der Waals surface area contributed by atoms with E-state index in [0.717, 1.165) is 6.26 Å². The van der Waals surface area contributed by atoms with Gasteiger partial charge in [0.15, 0.2) is 0 Å². The van der Waals surface area contributed by atoms with Crippen LogP contribution in [0.5, 0.6) is 5.75 Å². The van der Waals surface area contributed by atoms with Crippen molar-refractivity contribution < 1.29 is 14.3 Å². The third kappa shape index (κ3) is 5.93. The van der Waals surface area contributed by atoms with Crippen molar-refractivity contribution in [2.45, 2.75) is 37.6 Å². The Balaban J connectivity index is 2.09. The molecule has 0 saturated heterocycles. The Hall–Kier alpha value is -1.12. The maximum absolute atomic E-state index is 12.6. The van der Waals surface area contributed by atoms with Crippen LogP contribution in [0.25, 0.3) is 0 Å². The molecule has 3 unspecified atom stereocenters. The average molecular weight is 451 g/mol. The number of ether oxygens (including phenoxy) is 2. The fourth-order valence-corrected chi connectivity index (χ4v) is 3.62. The van der Waals surface area contributed by atoms with Crippen LogP contribution < -0.4 is 4.74 Å². The molecule has 27 heavy (non-hydrogen) atoms. The highest BCUT2D eigenvalue weighted by Crippen LogP contribution is 2.62. The monoisotopic (exact) mass is 449 g/mol. The fourth-order valence-electron chi connectivity index (χ4n) is 3.20. The van der Waals surface area contributed by atoms with Crippen molar-refractivity contribution in [3.05, 3.63) is 40.6 Å². The molecular weight excluding hydrogens is 432 g/mol. The van der Waals surface area contributed by atoms with Crippen molar-refractivity contribution in [2.24, 2.45) is 17.3 Å². The fraction of sp³-hybridized carbons (Fsp3) is 0.474. The zero-order valence-corrected chi connectivity index (χ0v) is 18.0. The smallest absolute Gasteiger partial charge is 0.311 e. The first-order valence-corrected chi connectivity index (χ1v) is 9.72. The minimum atomic E-state index is -1.06. The Labute approximate surface area is 178 Å². The zero-order valence-electron chi connectivity index (χ0n) is 15.0. The number of nitriles is 1. The number of alkyl halides is 2. The van der Waals surface area contributed by atoms with Gasteiger partial charge in [0.05, 0.1) is 5.92 Å². The lowest BCUT2D eigenvalue weighted by Gasteiger charge is -2.14. The number of rotatable bonds is 7. The molecule has 0 N–H and O–H groups in total. The maximum atomic E-state index is 12.6. The minimum absolute atomic E-state index is 0.00462. The standard InChI is InChI=1S/C19H19Cl4NO3/c1-18(2)13(8-19(3,22)23)16(18)17(25)27-14(9-24)11-5-4-6-12(7-11)26-10-15(20)21/h4-7,10,13-14,16H,8H2,1-3H3. The van der Waals surface area contributed by atoms with Crippen LogP contribution in [0.2, 0.25) is 0 Å². The minimum Gasteiger partial charge on any atom is -0.462 e. The van der Waals surface area contributed by atoms with E-state index in [4.69, 9.17) is 55.9 Å². The number of hydrogen-bond donors (Lipinski definition) is 0. The van der Waals surface area contributed by atoms with Gasteiger partial charge in [-0.3, -0.25) is 4.79 Å². The second-order valence-corrected chi connectivity index (χ2v) is 10.1. The van der Waals surface area contributed by atoms with Crippen LogP contribution in [0.3, 0.4) is 0 Å². The first-order chi connectivity index (χ1) is 12.5. The predicted molar refractivity (Wildman–Crippen MR) is 107 cm³/mol. The van der Waals surface area contributed by atoms with E-state index < -0.39 is 16.4 Å². The molecule has 1 aromatic carbocycles. The van der Waals surface area contributed by atoms with Crippen LogP contribution in [0.1, 0.15) is 38.9 Å². The van der Waals surface area contributed by atoms with E-state index in [1.807, 2.05) is 19.9 Å². The van der Waals surface area contributed by atoms with E-state index in [1.54, 1.807) is 31.2 Å². The summed E-state index contributed by atoms with van der Waals surface area (Å²) in [6, 6.07) is 8.59. The van der Waals surface area contributed by atoms with Gasteiger partial charge in [0.25, 0.3) is 0 Å². The van der Waals surface area contributed by atoms with Crippen LogP contribution in [-0.2, 0) is 9.53 Å². The normalized spacial score (nSPS) is 21.6. The molecule has 0 aliphatic heterocycles. The SMILES string of the molecule is CC(Cl)(Cl)CC1C(C(=O)OC(C#N)c2cccc(OC=C(Cl)Cl)c2)C1(C)C. The molecule has 0 heterocycles. The molecule has 0 aromatic heterocycles. The Kier molecular flexibility index (Phi) is 6.97. The largest absolute Gasteiger partial charge is 0.462 e. The number of carbonyl (C=O) groups excluding carboxylic acids is 1. The number of carbonyl (C=O) groups is 1. The van der Waals surface area contributed by atoms with Gasteiger partial charge in [0.1, 0.15) is 26.9 Å². The van der Waals surface area contributed by atoms with E-state index in [-0.39, 0.29) is 21.7 Å². The maximum Gasteiger partial charge on any atom is 0.311 e. The Morgan fingerprint density at radius 2 is 2.07 bits per heavy atom. The number of halogens is 4. The number of nitrogens with zero attached hydrogens (tertiary/aromatic N) is 1. The van der Waals surface area contributed by atoms with Crippen LogP contribution >= 0.6 is 46.4 Å². The molecule has 3 atom stereocenters. The molecule has 146 valence electrons. The highest BCUT2D eigenvalue weighted by atomic mass is 35.5. The molecule has 1 aliphatic carbocycles. The van der Waals surface area contributed by atoms with Crippen molar-refractivity contribution in [1.82, 2.24) is 0 Å². The second-order valence-electron chi connectivity index (χ2n) is 7.22. The molecule has 2 rings (SSSR count). The quantitative estimate of drug-likeness (QED) is 0.277. The van der Waals surface area contributed by atoms with Crippen molar-refractivity contribution in [2.75, 3.05) is 0 Å². The molecule has 0 amide bonds.